The first-order valence-electron chi connectivity index (χ1n) is 7.95. The smallest absolute Gasteiger partial charge is 0.162 e. The molecule has 2 N–H and O–H groups in total. The van der Waals surface area contributed by atoms with Crippen LogP contribution >= 0.6 is 11.8 Å². The second-order valence-corrected chi connectivity index (χ2v) is 7.71. The molecule has 2 aliphatic rings. The highest BCUT2D eigenvalue weighted by molar-refractivity contribution is 8.00. The largest absolute Gasteiger partial charge is 0.490 e. The van der Waals surface area contributed by atoms with Crippen molar-refractivity contribution in [2.24, 2.45) is 17.6 Å². The fourth-order valence-corrected chi connectivity index (χ4v) is 4.73. The van der Waals surface area contributed by atoms with E-state index in [1.807, 2.05) is 17.8 Å². The molecule has 0 aromatic heterocycles. The predicted molar refractivity (Wildman–Crippen MR) is 87.2 cm³/mol. The molecule has 4 heteroatoms. The summed E-state index contributed by atoms with van der Waals surface area (Å²) in [6.07, 6.45) is 3.35. The van der Waals surface area contributed by atoms with Crippen LogP contribution in [-0.4, -0.2) is 24.5 Å². The Morgan fingerprint density at radius 1 is 1.10 bits per heavy atom. The third-order valence-corrected chi connectivity index (χ3v) is 6.04. The average molecular weight is 307 g/mol. The van der Waals surface area contributed by atoms with Gasteiger partial charge in [-0.1, -0.05) is 13.8 Å². The van der Waals surface area contributed by atoms with E-state index in [9.17, 15) is 0 Å². The lowest BCUT2D eigenvalue weighted by atomic mass is 9.80. The Morgan fingerprint density at radius 2 is 1.86 bits per heavy atom. The minimum atomic E-state index is 0.282. The van der Waals surface area contributed by atoms with Crippen molar-refractivity contribution in [3.05, 3.63) is 18.2 Å². The molecule has 1 heterocycles. The van der Waals surface area contributed by atoms with Crippen LogP contribution in [0.5, 0.6) is 11.5 Å². The molecular weight excluding hydrogens is 282 g/mol. The highest BCUT2D eigenvalue weighted by Gasteiger charge is 2.32. The molecule has 1 saturated carbocycles. The molecule has 3 nitrogen and oxygen atoms in total. The number of hydrogen-bond donors (Lipinski definition) is 1. The van der Waals surface area contributed by atoms with Crippen molar-refractivity contribution in [1.82, 2.24) is 0 Å². The molecular formula is C17H25NO2S. The van der Waals surface area contributed by atoms with Crippen molar-refractivity contribution in [2.45, 2.75) is 49.3 Å². The lowest BCUT2D eigenvalue weighted by molar-refractivity contribution is 0.279. The van der Waals surface area contributed by atoms with Gasteiger partial charge in [0.15, 0.2) is 11.5 Å². The summed E-state index contributed by atoms with van der Waals surface area (Å²) in [5.74, 6) is 3.15. The highest BCUT2D eigenvalue weighted by Crippen LogP contribution is 2.41. The molecule has 1 aromatic rings. The fraction of sp³-hybridized carbons (Fsp3) is 0.647. The van der Waals surface area contributed by atoms with Crippen LogP contribution in [0.25, 0.3) is 0 Å². The van der Waals surface area contributed by atoms with Crippen molar-refractivity contribution < 1.29 is 9.47 Å². The lowest BCUT2D eigenvalue weighted by Gasteiger charge is -2.37. The zero-order valence-corrected chi connectivity index (χ0v) is 13.7. The Hall–Kier alpha value is -0.870. The molecule has 0 spiro atoms. The van der Waals surface area contributed by atoms with Gasteiger partial charge in [0.05, 0.1) is 13.2 Å². The van der Waals surface area contributed by atoms with Gasteiger partial charge in [0.25, 0.3) is 0 Å². The van der Waals surface area contributed by atoms with Crippen LogP contribution in [0.4, 0.5) is 0 Å². The number of rotatable bonds is 2. The van der Waals surface area contributed by atoms with Gasteiger partial charge in [-0.15, -0.1) is 11.8 Å². The molecule has 1 aromatic carbocycles. The predicted octanol–water partition coefficient (Wildman–Crippen LogP) is 3.70. The maximum Gasteiger partial charge on any atom is 0.162 e. The molecule has 0 amide bonds. The van der Waals surface area contributed by atoms with Gasteiger partial charge in [0, 0.05) is 22.6 Å². The molecule has 0 bridgehead atoms. The second-order valence-electron chi connectivity index (χ2n) is 6.46. The first kappa shape index (κ1) is 15.0. The Kier molecular flexibility index (Phi) is 4.65. The Balaban J connectivity index is 1.74. The van der Waals surface area contributed by atoms with E-state index in [-0.39, 0.29) is 6.04 Å². The molecule has 1 aliphatic heterocycles. The minimum absolute atomic E-state index is 0.282. The maximum absolute atomic E-state index is 6.39. The third-order valence-electron chi connectivity index (χ3n) is 4.42. The molecule has 0 radical (unpaired) electrons. The lowest BCUT2D eigenvalue weighted by Crippen LogP contribution is -2.42. The SMILES string of the molecule is CC1CC(C)C(Sc2ccc3c(c2)OCCCO3)C(N)C1. The zero-order chi connectivity index (χ0) is 14.8. The molecule has 4 unspecified atom stereocenters. The number of ether oxygens (including phenoxy) is 2. The van der Waals surface area contributed by atoms with Crippen LogP contribution in [0.15, 0.2) is 23.1 Å². The van der Waals surface area contributed by atoms with Crippen molar-refractivity contribution >= 4 is 11.8 Å². The summed E-state index contributed by atoms with van der Waals surface area (Å²) in [6, 6.07) is 6.56. The molecule has 3 rings (SSSR count). The van der Waals surface area contributed by atoms with E-state index >= 15 is 0 Å². The molecule has 1 fully saturated rings. The van der Waals surface area contributed by atoms with Gasteiger partial charge in [0.1, 0.15) is 0 Å². The standard InChI is InChI=1S/C17H25NO2S/c1-11-8-12(2)17(14(18)9-11)21-13-4-5-15-16(10-13)20-7-3-6-19-15/h4-5,10-12,14,17H,3,6-9,18H2,1-2H3. The topological polar surface area (TPSA) is 44.5 Å². The fourth-order valence-electron chi connectivity index (χ4n) is 3.46. The monoisotopic (exact) mass is 307 g/mol. The van der Waals surface area contributed by atoms with Gasteiger partial charge in [-0.05, 0) is 42.9 Å². The van der Waals surface area contributed by atoms with Gasteiger partial charge >= 0.3 is 0 Å². The van der Waals surface area contributed by atoms with Gasteiger partial charge in [-0.25, -0.2) is 0 Å². The van der Waals surface area contributed by atoms with Crippen LogP contribution < -0.4 is 15.2 Å². The molecule has 4 atom stereocenters. The third kappa shape index (κ3) is 3.49. The summed E-state index contributed by atoms with van der Waals surface area (Å²) in [6.45, 7) is 6.11. The van der Waals surface area contributed by atoms with E-state index in [0.29, 0.717) is 11.2 Å². The van der Waals surface area contributed by atoms with Gasteiger partial charge < -0.3 is 15.2 Å². The van der Waals surface area contributed by atoms with Gasteiger partial charge in [0.2, 0.25) is 0 Å². The molecule has 116 valence electrons. The normalized spacial score (nSPS) is 32.5. The van der Waals surface area contributed by atoms with Crippen molar-refractivity contribution in [2.75, 3.05) is 13.2 Å². The van der Waals surface area contributed by atoms with Gasteiger partial charge in [-0.3, -0.25) is 0 Å². The van der Waals surface area contributed by atoms with E-state index in [1.165, 1.54) is 11.3 Å². The van der Waals surface area contributed by atoms with E-state index in [0.717, 1.165) is 43.5 Å². The zero-order valence-electron chi connectivity index (χ0n) is 12.9. The minimum Gasteiger partial charge on any atom is -0.490 e. The summed E-state index contributed by atoms with van der Waals surface area (Å²) in [5, 5.41) is 0.492. The first-order chi connectivity index (χ1) is 10.1. The number of thioether (sulfide) groups is 1. The van der Waals surface area contributed by atoms with E-state index in [4.69, 9.17) is 15.2 Å². The molecule has 0 saturated heterocycles. The average Bonchev–Trinajstić information content (AvgIpc) is 2.67. The van der Waals surface area contributed by atoms with Crippen LogP contribution in [0.3, 0.4) is 0 Å². The number of hydrogen-bond acceptors (Lipinski definition) is 4. The first-order valence-corrected chi connectivity index (χ1v) is 8.83. The van der Waals surface area contributed by atoms with Crippen LogP contribution in [0, 0.1) is 11.8 Å². The van der Waals surface area contributed by atoms with E-state index in [1.54, 1.807) is 0 Å². The van der Waals surface area contributed by atoms with Crippen LogP contribution in [0.1, 0.15) is 33.1 Å². The van der Waals surface area contributed by atoms with Crippen LogP contribution in [-0.2, 0) is 0 Å². The van der Waals surface area contributed by atoms with E-state index < -0.39 is 0 Å². The molecule has 1 aliphatic carbocycles. The quantitative estimate of drug-likeness (QED) is 0.905. The summed E-state index contributed by atoms with van der Waals surface area (Å²) in [4.78, 5) is 1.24. The highest BCUT2D eigenvalue weighted by atomic mass is 32.2. The van der Waals surface area contributed by atoms with Crippen molar-refractivity contribution in [3.8, 4) is 11.5 Å². The Labute approximate surface area is 131 Å². The van der Waals surface area contributed by atoms with Gasteiger partial charge in [-0.2, -0.15) is 0 Å². The van der Waals surface area contributed by atoms with Crippen LogP contribution in [0.2, 0.25) is 0 Å². The number of nitrogens with two attached hydrogens (primary N) is 1. The molecule has 21 heavy (non-hydrogen) atoms. The number of fused-ring (bicyclic) bond motifs is 1. The van der Waals surface area contributed by atoms with Crippen molar-refractivity contribution in [3.63, 3.8) is 0 Å². The summed E-state index contributed by atoms with van der Waals surface area (Å²) >= 11 is 1.90. The summed E-state index contributed by atoms with van der Waals surface area (Å²) in [7, 11) is 0. The second kappa shape index (κ2) is 6.49. The van der Waals surface area contributed by atoms with E-state index in [2.05, 4.69) is 26.0 Å². The Bertz CT molecular complexity index is 482. The summed E-state index contributed by atoms with van der Waals surface area (Å²) in [5.41, 5.74) is 6.39. The summed E-state index contributed by atoms with van der Waals surface area (Å²) < 4.78 is 11.5. The van der Waals surface area contributed by atoms with Crippen molar-refractivity contribution in [1.29, 1.82) is 0 Å². The Morgan fingerprint density at radius 3 is 2.62 bits per heavy atom. The number of benzene rings is 1. The maximum atomic E-state index is 6.39.